The predicted molar refractivity (Wildman–Crippen MR) is 85.3 cm³/mol. The van der Waals surface area contributed by atoms with Gasteiger partial charge in [0.25, 0.3) is 0 Å². The van der Waals surface area contributed by atoms with Gasteiger partial charge >= 0.3 is 0 Å². The third-order valence-corrected chi connectivity index (χ3v) is 3.88. The molecule has 2 aromatic carbocycles. The maximum absolute atomic E-state index is 10.8. The highest BCUT2D eigenvalue weighted by atomic mass is 79.9. The summed E-state index contributed by atoms with van der Waals surface area (Å²) in [4.78, 5) is 0. The topological polar surface area (TPSA) is 29.5 Å². The standard InChI is InChI=1S/C17H19BrO2/c1-4-20-15-9-8-13(18)10-14(15)17(19)16-11(2)6-5-7-12(16)3/h5-10,17,19H,4H2,1-3H3. The minimum atomic E-state index is -0.685. The van der Waals surface area contributed by atoms with E-state index >= 15 is 0 Å². The first-order valence-corrected chi connectivity index (χ1v) is 7.50. The number of rotatable bonds is 4. The molecule has 0 heterocycles. The number of benzene rings is 2. The SMILES string of the molecule is CCOc1ccc(Br)cc1C(O)c1c(C)cccc1C. The van der Waals surface area contributed by atoms with E-state index in [4.69, 9.17) is 4.74 Å². The third kappa shape index (κ3) is 3.05. The molecule has 106 valence electrons. The van der Waals surface area contributed by atoms with Crippen LogP contribution < -0.4 is 4.74 Å². The first kappa shape index (κ1) is 15.1. The second-order valence-electron chi connectivity index (χ2n) is 4.82. The fourth-order valence-electron chi connectivity index (χ4n) is 2.43. The van der Waals surface area contributed by atoms with Gasteiger partial charge in [0.1, 0.15) is 11.9 Å². The highest BCUT2D eigenvalue weighted by molar-refractivity contribution is 9.10. The monoisotopic (exact) mass is 334 g/mol. The Morgan fingerprint density at radius 1 is 1.15 bits per heavy atom. The van der Waals surface area contributed by atoms with Crippen molar-refractivity contribution in [2.24, 2.45) is 0 Å². The second kappa shape index (κ2) is 6.42. The van der Waals surface area contributed by atoms with E-state index in [1.54, 1.807) is 0 Å². The van der Waals surface area contributed by atoms with Crippen LogP contribution in [0.1, 0.15) is 35.3 Å². The van der Waals surface area contributed by atoms with E-state index in [0.717, 1.165) is 32.5 Å². The van der Waals surface area contributed by atoms with Crippen molar-refractivity contribution in [1.82, 2.24) is 0 Å². The lowest BCUT2D eigenvalue weighted by atomic mass is 9.93. The minimum absolute atomic E-state index is 0.577. The molecule has 0 aliphatic heterocycles. The number of aliphatic hydroxyl groups excluding tert-OH is 1. The molecule has 0 amide bonds. The average molecular weight is 335 g/mol. The zero-order chi connectivity index (χ0) is 14.7. The van der Waals surface area contributed by atoms with Gasteiger partial charge in [-0.05, 0) is 55.7 Å². The van der Waals surface area contributed by atoms with Gasteiger partial charge in [0.15, 0.2) is 0 Å². The van der Waals surface area contributed by atoms with E-state index in [1.165, 1.54) is 0 Å². The molecule has 1 N–H and O–H groups in total. The van der Waals surface area contributed by atoms with Crippen molar-refractivity contribution in [2.75, 3.05) is 6.61 Å². The Bertz CT molecular complexity index is 588. The molecule has 2 aromatic rings. The van der Waals surface area contributed by atoms with Crippen LogP contribution in [-0.4, -0.2) is 11.7 Å². The molecule has 0 aliphatic rings. The average Bonchev–Trinajstić information content (AvgIpc) is 2.40. The van der Waals surface area contributed by atoms with Crippen LogP contribution in [0.2, 0.25) is 0 Å². The van der Waals surface area contributed by atoms with Gasteiger partial charge in [0, 0.05) is 10.0 Å². The fourth-order valence-corrected chi connectivity index (χ4v) is 2.81. The van der Waals surface area contributed by atoms with E-state index < -0.39 is 6.10 Å². The summed E-state index contributed by atoms with van der Waals surface area (Å²) in [6.45, 7) is 6.55. The van der Waals surface area contributed by atoms with Crippen molar-refractivity contribution in [3.05, 3.63) is 63.1 Å². The lowest BCUT2D eigenvalue weighted by Gasteiger charge is -2.20. The van der Waals surface area contributed by atoms with E-state index in [-0.39, 0.29) is 0 Å². The molecule has 1 unspecified atom stereocenters. The van der Waals surface area contributed by atoms with Gasteiger partial charge < -0.3 is 9.84 Å². The van der Waals surface area contributed by atoms with Crippen molar-refractivity contribution in [3.8, 4) is 5.75 Å². The van der Waals surface area contributed by atoms with Gasteiger partial charge in [0.05, 0.1) is 6.61 Å². The van der Waals surface area contributed by atoms with Gasteiger partial charge in [-0.1, -0.05) is 34.1 Å². The van der Waals surface area contributed by atoms with E-state index in [1.807, 2.05) is 57.2 Å². The maximum atomic E-state index is 10.8. The summed E-state index contributed by atoms with van der Waals surface area (Å²) in [7, 11) is 0. The van der Waals surface area contributed by atoms with Gasteiger partial charge in [-0.15, -0.1) is 0 Å². The molecule has 0 fully saturated rings. The largest absolute Gasteiger partial charge is 0.493 e. The Morgan fingerprint density at radius 2 is 1.80 bits per heavy atom. The number of halogens is 1. The van der Waals surface area contributed by atoms with Crippen molar-refractivity contribution < 1.29 is 9.84 Å². The Hall–Kier alpha value is -1.32. The number of aliphatic hydroxyl groups is 1. The quantitative estimate of drug-likeness (QED) is 0.888. The summed E-state index contributed by atoms with van der Waals surface area (Å²) in [5, 5.41) is 10.8. The first-order chi connectivity index (χ1) is 9.54. The van der Waals surface area contributed by atoms with Crippen molar-refractivity contribution >= 4 is 15.9 Å². The first-order valence-electron chi connectivity index (χ1n) is 6.71. The molecule has 2 nitrogen and oxygen atoms in total. The molecule has 0 saturated heterocycles. The summed E-state index contributed by atoms with van der Waals surface area (Å²) in [6, 6.07) is 11.8. The summed E-state index contributed by atoms with van der Waals surface area (Å²) < 4.78 is 6.57. The normalized spacial score (nSPS) is 12.2. The fraction of sp³-hybridized carbons (Fsp3) is 0.294. The second-order valence-corrected chi connectivity index (χ2v) is 5.74. The van der Waals surface area contributed by atoms with Crippen LogP contribution in [0, 0.1) is 13.8 Å². The molecule has 20 heavy (non-hydrogen) atoms. The van der Waals surface area contributed by atoms with Crippen LogP contribution in [0.5, 0.6) is 5.75 Å². The molecule has 3 heteroatoms. The number of hydrogen-bond acceptors (Lipinski definition) is 2. The van der Waals surface area contributed by atoms with E-state index in [2.05, 4.69) is 15.9 Å². The lowest BCUT2D eigenvalue weighted by molar-refractivity contribution is 0.210. The van der Waals surface area contributed by atoms with Crippen molar-refractivity contribution in [2.45, 2.75) is 26.9 Å². The zero-order valence-corrected chi connectivity index (χ0v) is 13.6. The van der Waals surface area contributed by atoms with Crippen LogP contribution in [0.4, 0.5) is 0 Å². The Kier molecular flexibility index (Phi) is 4.84. The number of hydrogen-bond donors (Lipinski definition) is 1. The summed E-state index contributed by atoms with van der Waals surface area (Å²) >= 11 is 3.46. The van der Waals surface area contributed by atoms with E-state index in [9.17, 15) is 5.11 Å². The van der Waals surface area contributed by atoms with Crippen LogP contribution in [0.15, 0.2) is 40.9 Å². The molecular formula is C17H19BrO2. The van der Waals surface area contributed by atoms with Crippen molar-refractivity contribution in [1.29, 1.82) is 0 Å². The molecule has 0 aliphatic carbocycles. The van der Waals surface area contributed by atoms with Crippen LogP contribution in [0.25, 0.3) is 0 Å². The summed E-state index contributed by atoms with van der Waals surface area (Å²) in [5.41, 5.74) is 3.91. The van der Waals surface area contributed by atoms with Crippen molar-refractivity contribution in [3.63, 3.8) is 0 Å². The summed E-state index contributed by atoms with van der Waals surface area (Å²) in [6.07, 6.45) is -0.685. The van der Waals surface area contributed by atoms with E-state index in [0.29, 0.717) is 6.61 Å². The molecule has 1 atom stereocenters. The maximum Gasteiger partial charge on any atom is 0.125 e. The molecule has 0 bridgehead atoms. The molecule has 0 radical (unpaired) electrons. The van der Waals surface area contributed by atoms with Gasteiger partial charge in [-0.25, -0.2) is 0 Å². The minimum Gasteiger partial charge on any atom is -0.493 e. The molecular weight excluding hydrogens is 316 g/mol. The summed E-state index contributed by atoms with van der Waals surface area (Å²) in [5.74, 6) is 0.728. The molecule has 0 aromatic heterocycles. The highest BCUT2D eigenvalue weighted by Gasteiger charge is 2.19. The van der Waals surface area contributed by atoms with Gasteiger partial charge in [-0.3, -0.25) is 0 Å². The Morgan fingerprint density at radius 3 is 2.40 bits per heavy atom. The number of ether oxygens (including phenoxy) is 1. The third-order valence-electron chi connectivity index (χ3n) is 3.38. The Balaban J connectivity index is 2.52. The van der Waals surface area contributed by atoms with Gasteiger partial charge in [-0.2, -0.15) is 0 Å². The van der Waals surface area contributed by atoms with Crippen LogP contribution >= 0.6 is 15.9 Å². The highest BCUT2D eigenvalue weighted by Crippen LogP contribution is 2.35. The molecule has 2 rings (SSSR count). The molecule has 0 saturated carbocycles. The van der Waals surface area contributed by atoms with Crippen LogP contribution in [0.3, 0.4) is 0 Å². The Labute approximate surface area is 128 Å². The molecule has 0 spiro atoms. The predicted octanol–water partition coefficient (Wildman–Crippen LogP) is 4.55. The lowest BCUT2D eigenvalue weighted by Crippen LogP contribution is -2.07. The van der Waals surface area contributed by atoms with Gasteiger partial charge in [0.2, 0.25) is 0 Å². The van der Waals surface area contributed by atoms with Crippen LogP contribution in [-0.2, 0) is 0 Å². The zero-order valence-electron chi connectivity index (χ0n) is 12.0. The number of aryl methyl sites for hydroxylation is 2. The smallest absolute Gasteiger partial charge is 0.125 e.